The van der Waals surface area contributed by atoms with Crippen LogP contribution >= 0.6 is 0 Å². The van der Waals surface area contributed by atoms with E-state index in [-0.39, 0.29) is 35.0 Å². The lowest BCUT2D eigenvalue weighted by molar-refractivity contribution is -0.391. The van der Waals surface area contributed by atoms with Gasteiger partial charge < -0.3 is 15.0 Å². The summed E-state index contributed by atoms with van der Waals surface area (Å²) in [6.45, 7) is 2.06. The second-order valence-electron chi connectivity index (χ2n) is 8.22. The fourth-order valence-electron chi connectivity index (χ4n) is 4.69. The molecular formula is C22H24FN3O4. The highest BCUT2D eigenvalue weighted by atomic mass is 19.1. The van der Waals surface area contributed by atoms with Crippen molar-refractivity contribution in [1.82, 2.24) is 9.47 Å². The third-order valence-corrected chi connectivity index (χ3v) is 6.45. The minimum absolute atomic E-state index is 0.0236. The number of fused-ring (bicyclic) bond motifs is 1. The lowest BCUT2D eigenvalue weighted by Gasteiger charge is -2.34. The zero-order chi connectivity index (χ0) is 21.4. The Morgan fingerprint density at radius 3 is 2.50 bits per heavy atom. The van der Waals surface area contributed by atoms with Gasteiger partial charge in [0.2, 0.25) is 0 Å². The third kappa shape index (κ3) is 3.79. The SMILES string of the molecule is Cn1c([N+](=O)[O-])cc2c1CCC(CN1CCC(C(=O)c3ccc(F)cc3)CC1)C2=O. The van der Waals surface area contributed by atoms with E-state index in [1.165, 1.54) is 34.9 Å². The fraction of sp³-hybridized carbons (Fsp3) is 0.455. The van der Waals surface area contributed by atoms with Crippen LogP contribution < -0.4 is 0 Å². The lowest BCUT2D eigenvalue weighted by Crippen LogP contribution is -2.41. The zero-order valence-electron chi connectivity index (χ0n) is 16.8. The first-order chi connectivity index (χ1) is 14.3. The normalized spacial score (nSPS) is 20.2. The molecule has 1 aromatic carbocycles. The van der Waals surface area contributed by atoms with E-state index in [0.717, 1.165) is 18.8 Å². The van der Waals surface area contributed by atoms with Crippen molar-refractivity contribution in [2.75, 3.05) is 19.6 Å². The Morgan fingerprint density at radius 2 is 1.87 bits per heavy atom. The molecule has 4 rings (SSSR count). The standard InChI is InChI=1S/C22H24FN3O4/c1-24-19-7-4-16(22(28)18(19)12-20(24)26(29)30)13-25-10-8-15(9-11-25)21(27)14-2-5-17(23)6-3-14/h2-3,5-6,12,15-16H,4,7-11,13H2,1H3. The van der Waals surface area contributed by atoms with E-state index in [9.17, 15) is 24.1 Å². The number of benzene rings is 1. The van der Waals surface area contributed by atoms with Crippen LogP contribution in [0.25, 0.3) is 0 Å². The Hall–Kier alpha value is -2.87. The number of rotatable bonds is 5. The summed E-state index contributed by atoms with van der Waals surface area (Å²) in [7, 11) is 1.63. The second-order valence-corrected chi connectivity index (χ2v) is 8.22. The maximum Gasteiger partial charge on any atom is 0.323 e. The molecule has 8 heteroatoms. The Balaban J connectivity index is 1.36. The molecule has 0 saturated carbocycles. The predicted octanol–water partition coefficient (Wildman–Crippen LogP) is 3.41. The molecule has 1 aliphatic heterocycles. The van der Waals surface area contributed by atoms with Crippen molar-refractivity contribution in [3.8, 4) is 0 Å². The van der Waals surface area contributed by atoms with E-state index in [4.69, 9.17) is 0 Å². The Labute approximate surface area is 173 Å². The van der Waals surface area contributed by atoms with Crippen LogP contribution in [-0.2, 0) is 13.5 Å². The largest absolute Gasteiger partial charge is 0.358 e. The van der Waals surface area contributed by atoms with Crippen LogP contribution in [0.1, 0.15) is 45.7 Å². The molecule has 0 N–H and O–H groups in total. The van der Waals surface area contributed by atoms with Crippen LogP contribution in [0.4, 0.5) is 10.2 Å². The first-order valence-corrected chi connectivity index (χ1v) is 10.2. The first-order valence-electron chi connectivity index (χ1n) is 10.2. The molecular weight excluding hydrogens is 389 g/mol. The average Bonchev–Trinajstić information content (AvgIpc) is 3.08. The maximum absolute atomic E-state index is 13.1. The number of nitro groups is 1. The molecule has 158 valence electrons. The summed E-state index contributed by atoms with van der Waals surface area (Å²) < 4.78 is 14.6. The predicted molar refractivity (Wildman–Crippen MR) is 108 cm³/mol. The second kappa shape index (κ2) is 8.10. The molecule has 2 aromatic rings. The van der Waals surface area contributed by atoms with E-state index < -0.39 is 4.92 Å². The number of carbonyl (C=O) groups excluding carboxylic acids is 2. The Morgan fingerprint density at radius 1 is 1.20 bits per heavy atom. The smallest absolute Gasteiger partial charge is 0.323 e. The van der Waals surface area contributed by atoms with Gasteiger partial charge in [0.25, 0.3) is 0 Å². The van der Waals surface area contributed by atoms with Crippen molar-refractivity contribution < 1.29 is 18.9 Å². The molecule has 30 heavy (non-hydrogen) atoms. The number of nitrogens with zero attached hydrogens (tertiary/aromatic N) is 3. The van der Waals surface area contributed by atoms with Gasteiger partial charge in [-0.1, -0.05) is 0 Å². The van der Waals surface area contributed by atoms with Crippen molar-refractivity contribution in [2.24, 2.45) is 18.9 Å². The highest BCUT2D eigenvalue weighted by molar-refractivity contribution is 6.01. The quantitative estimate of drug-likeness (QED) is 0.426. The number of ketones is 2. The van der Waals surface area contributed by atoms with Crippen molar-refractivity contribution in [3.63, 3.8) is 0 Å². The summed E-state index contributed by atoms with van der Waals surface area (Å²) >= 11 is 0. The summed E-state index contributed by atoms with van der Waals surface area (Å²) in [6, 6.07) is 7.07. The van der Waals surface area contributed by atoms with Crippen molar-refractivity contribution >= 4 is 17.4 Å². The van der Waals surface area contributed by atoms with Gasteiger partial charge in [-0.3, -0.25) is 9.59 Å². The topological polar surface area (TPSA) is 85.4 Å². The number of piperidine rings is 1. The van der Waals surface area contributed by atoms with E-state index in [0.29, 0.717) is 43.4 Å². The minimum Gasteiger partial charge on any atom is -0.358 e. The summed E-state index contributed by atoms with van der Waals surface area (Å²) in [5.74, 6) is -0.644. The first kappa shape index (κ1) is 20.4. The molecule has 1 fully saturated rings. The summed E-state index contributed by atoms with van der Waals surface area (Å²) in [6.07, 6.45) is 2.74. The minimum atomic E-state index is -0.455. The van der Waals surface area contributed by atoms with Gasteiger partial charge in [0.1, 0.15) is 11.5 Å². The van der Waals surface area contributed by atoms with Gasteiger partial charge in [0, 0.05) is 36.4 Å². The maximum atomic E-state index is 13.1. The number of halogens is 1. The van der Waals surface area contributed by atoms with Crippen molar-refractivity contribution in [3.05, 3.63) is 63.1 Å². The lowest BCUT2D eigenvalue weighted by atomic mass is 9.84. The molecule has 2 aliphatic rings. The Bertz CT molecular complexity index is 991. The van der Waals surface area contributed by atoms with E-state index in [1.54, 1.807) is 7.05 Å². The highest BCUT2D eigenvalue weighted by Crippen LogP contribution is 2.32. The molecule has 0 amide bonds. The van der Waals surface area contributed by atoms with Gasteiger partial charge in [0.05, 0.1) is 12.6 Å². The van der Waals surface area contributed by atoms with Gasteiger partial charge in [-0.15, -0.1) is 0 Å². The Kier molecular flexibility index (Phi) is 5.51. The number of hydrogen-bond acceptors (Lipinski definition) is 5. The van der Waals surface area contributed by atoms with Crippen LogP contribution in [0.5, 0.6) is 0 Å². The van der Waals surface area contributed by atoms with Crippen LogP contribution in [0.15, 0.2) is 30.3 Å². The van der Waals surface area contributed by atoms with E-state index in [1.807, 2.05) is 0 Å². The number of hydrogen-bond donors (Lipinski definition) is 0. The van der Waals surface area contributed by atoms with Crippen LogP contribution in [0.3, 0.4) is 0 Å². The highest BCUT2D eigenvalue weighted by Gasteiger charge is 2.36. The van der Waals surface area contributed by atoms with Gasteiger partial charge in [0.15, 0.2) is 11.6 Å². The number of Topliss-reactive ketones (excluding diaryl/α,β-unsaturated/α-hetero) is 2. The third-order valence-electron chi connectivity index (χ3n) is 6.45. The van der Waals surface area contributed by atoms with Crippen LogP contribution in [0, 0.1) is 27.8 Å². The summed E-state index contributed by atoms with van der Waals surface area (Å²) in [5, 5.41) is 11.2. The molecule has 0 bridgehead atoms. The summed E-state index contributed by atoms with van der Waals surface area (Å²) in [5.41, 5.74) is 1.75. The molecule has 7 nitrogen and oxygen atoms in total. The summed E-state index contributed by atoms with van der Waals surface area (Å²) in [4.78, 5) is 38.5. The zero-order valence-corrected chi connectivity index (χ0v) is 16.8. The monoisotopic (exact) mass is 413 g/mol. The van der Waals surface area contributed by atoms with E-state index >= 15 is 0 Å². The van der Waals surface area contributed by atoms with Crippen LogP contribution in [0.2, 0.25) is 0 Å². The van der Waals surface area contributed by atoms with Gasteiger partial charge in [-0.2, -0.15) is 0 Å². The fourth-order valence-corrected chi connectivity index (χ4v) is 4.69. The number of likely N-dealkylation sites (tertiary alicyclic amines) is 1. The van der Waals surface area contributed by atoms with Gasteiger partial charge >= 0.3 is 5.82 Å². The molecule has 2 heterocycles. The molecule has 1 saturated heterocycles. The molecule has 1 atom stereocenters. The molecule has 1 aliphatic carbocycles. The number of aromatic nitrogens is 1. The molecule has 0 spiro atoms. The van der Waals surface area contributed by atoms with Gasteiger partial charge in [-0.05, 0) is 61.5 Å². The molecule has 1 unspecified atom stereocenters. The molecule has 0 radical (unpaired) electrons. The van der Waals surface area contributed by atoms with Crippen LogP contribution in [-0.4, -0.2) is 45.6 Å². The number of carbonyl (C=O) groups is 2. The van der Waals surface area contributed by atoms with E-state index in [2.05, 4.69) is 4.90 Å². The average molecular weight is 413 g/mol. The van der Waals surface area contributed by atoms with Crippen molar-refractivity contribution in [1.29, 1.82) is 0 Å². The van der Waals surface area contributed by atoms with Gasteiger partial charge in [-0.25, -0.2) is 8.96 Å². The molecule has 1 aromatic heterocycles. The van der Waals surface area contributed by atoms with Crippen molar-refractivity contribution in [2.45, 2.75) is 25.7 Å².